The van der Waals surface area contributed by atoms with E-state index in [1.54, 1.807) is 0 Å². The average Bonchev–Trinajstić information content (AvgIpc) is 2.71. The number of likely N-dealkylation sites (N-methyl/N-ethyl adjacent to an activating group) is 1. The van der Waals surface area contributed by atoms with Gasteiger partial charge in [-0.15, -0.1) is 0 Å². The number of hydrogen-bond donors (Lipinski definition) is 1. The predicted octanol–water partition coefficient (Wildman–Crippen LogP) is 3.30. The first-order chi connectivity index (χ1) is 7.61. The second-order valence-electron chi connectivity index (χ2n) is 5.49. The summed E-state index contributed by atoms with van der Waals surface area (Å²) in [4.78, 5) is 11.7. The normalized spacial score (nSPS) is 20.9. The van der Waals surface area contributed by atoms with Crippen LogP contribution in [0.1, 0.15) is 65.7 Å². The fourth-order valence-electron chi connectivity index (χ4n) is 2.84. The maximum atomic E-state index is 11.7. The molecule has 1 aliphatic carbocycles. The molecule has 0 amide bonds. The second kappa shape index (κ2) is 6.39. The third-order valence-electron chi connectivity index (χ3n) is 4.03. The number of Topliss-reactive ketones (excluding diaryl/α,β-unsaturated/α-hetero) is 1. The molecule has 2 heteroatoms. The smallest absolute Gasteiger partial charge is 0.149 e. The predicted molar refractivity (Wildman–Crippen MR) is 68.6 cm³/mol. The third-order valence-corrected chi connectivity index (χ3v) is 4.03. The summed E-state index contributed by atoms with van der Waals surface area (Å²) in [6, 6.07) is 0.104. The van der Waals surface area contributed by atoms with E-state index in [-0.39, 0.29) is 6.04 Å². The van der Waals surface area contributed by atoms with Crippen LogP contribution in [-0.2, 0) is 4.79 Å². The van der Waals surface area contributed by atoms with E-state index >= 15 is 0 Å². The molecule has 0 saturated heterocycles. The molecule has 1 aliphatic rings. The largest absolute Gasteiger partial charge is 0.308 e. The number of nitrogens with one attached hydrogen (secondary N) is 1. The van der Waals surface area contributed by atoms with Crippen LogP contribution >= 0.6 is 0 Å². The standard InChI is InChI=1S/C14H27NO/c1-4-13(16)12(15-5-2)8-11-14(3)9-6-7-10-14/h12,15H,4-11H2,1-3H3. The zero-order chi connectivity index (χ0) is 12.0. The minimum absolute atomic E-state index is 0.104. The highest BCUT2D eigenvalue weighted by molar-refractivity contribution is 5.83. The van der Waals surface area contributed by atoms with Crippen molar-refractivity contribution in [3.63, 3.8) is 0 Å². The Bertz CT molecular complexity index is 219. The summed E-state index contributed by atoms with van der Waals surface area (Å²) in [7, 11) is 0. The van der Waals surface area contributed by atoms with Crippen LogP contribution in [-0.4, -0.2) is 18.4 Å². The Kier molecular flexibility index (Phi) is 5.47. The number of ketones is 1. The van der Waals surface area contributed by atoms with Crippen LogP contribution in [0.3, 0.4) is 0 Å². The summed E-state index contributed by atoms with van der Waals surface area (Å²) in [6.45, 7) is 7.32. The SMILES string of the molecule is CCNC(CCC1(C)CCCC1)C(=O)CC. The van der Waals surface area contributed by atoms with Crippen molar-refractivity contribution in [1.29, 1.82) is 0 Å². The molecule has 1 rings (SSSR count). The summed E-state index contributed by atoms with van der Waals surface area (Å²) in [5.41, 5.74) is 0.516. The highest BCUT2D eigenvalue weighted by Gasteiger charge is 2.29. The molecule has 0 aliphatic heterocycles. The van der Waals surface area contributed by atoms with E-state index in [2.05, 4.69) is 19.2 Å². The van der Waals surface area contributed by atoms with Crippen molar-refractivity contribution in [3.8, 4) is 0 Å². The summed E-state index contributed by atoms with van der Waals surface area (Å²) in [5.74, 6) is 0.378. The molecule has 0 heterocycles. The molecule has 0 aromatic rings. The van der Waals surface area contributed by atoms with Gasteiger partial charge in [-0.05, 0) is 37.6 Å². The average molecular weight is 225 g/mol. The molecule has 0 aromatic heterocycles. The topological polar surface area (TPSA) is 29.1 Å². The summed E-state index contributed by atoms with van der Waals surface area (Å²) in [5, 5.41) is 3.32. The lowest BCUT2D eigenvalue weighted by Crippen LogP contribution is -2.37. The van der Waals surface area contributed by atoms with Gasteiger partial charge in [0.05, 0.1) is 6.04 Å². The highest BCUT2D eigenvalue weighted by Crippen LogP contribution is 2.41. The lowest BCUT2D eigenvalue weighted by atomic mass is 9.82. The van der Waals surface area contributed by atoms with Crippen molar-refractivity contribution >= 4 is 5.78 Å². The Morgan fingerprint density at radius 1 is 1.31 bits per heavy atom. The zero-order valence-electron chi connectivity index (χ0n) is 11.1. The fraction of sp³-hybridized carbons (Fsp3) is 0.929. The van der Waals surface area contributed by atoms with Gasteiger partial charge in [0.1, 0.15) is 5.78 Å². The lowest BCUT2D eigenvalue weighted by molar-refractivity contribution is -0.121. The molecular formula is C14H27NO. The summed E-state index contributed by atoms with van der Waals surface area (Å²) in [6.07, 6.45) is 8.36. The van der Waals surface area contributed by atoms with Crippen LogP contribution in [0.4, 0.5) is 0 Å². The summed E-state index contributed by atoms with van der Waals surface area (Å²) < 4.78 is 0. The summed E-state index contributed by atoms with van der Waals surface area (Å²) >= 11 is 0. The van der Waals surface area contributed by atoms with Gasteiger partial charge in [-0.25, -0.2) is 0 Å². The molecule has 1 N–H and O–H groups in total. The minimum Gasteiger partial charge on any atom is -0.308 e. The number of rotatable bonds is 7. The van der Waals surface area contributed by atoms with Gasteiger partial charge in [0.2, 0.25) is 0 Å². The van der Waals surface area contributed by atoms with Crippen LogP contribution in [0.5, 0.6) is 0 Å². The van der Waals surface area contributed by atoms with Gasteiger partial charge in [0.15, 0.2) is 0 Å². The van der Waals surface area contributed by atoms with Gasteiger partial charge in [-0.3, -0.25) is 4.79 Å². The zero-order valence-corrected chi connectivity index (χ0v) is 11.1. The van der Waals surface area contributed by atoms with E-state index in [1.165, 1.54) is 32.1 Å². The van der Waals surface area contributed by atoms with E-state index < -0.39 is 0 Å². The van der Waals surface area contributed by atoms with E-state index in [0.717, 1.165) is 13.0 Å². The van der Waals surface area contributed by atoms with Crippen molar-refractivity contribution in [3.05, 3.63) is 0 Å². The van der Waals surface area contributed by atoms with Crippen LogP contribution in [0, 0.1) is 5.41 Å². The Morgan fingerprint density at radius 3 is 2.44 bits per heavy atom. The second-order valence-corrected chi connectivity index (χ2v) is 5.49. The molecule has 94 valence electrons. The molecule has 1 unspecified atom stereocenters. The first-order valence-corrected chi connectivity index (χ1v) is 6.87. The van der Waals surface area contributed by atoms with Crippen molar-refractivity contribution < 1.29 is 4.79 Å². The molecule has 1 saturated carbocycles. The third kappa shape index (κ3) is 3.89. The maximum Gasteiger partial charge on any atom is 0.149 e. The Morgan fingerprint density at radius 2 is 1.94 bits per heavy atom. The lowest BCUT2D eigenvalue weighted by Gasteiger charge is -2.26. The first kappa shape index (κ1) is 13.7. The number of carbonyl (C=O) groups excluding carboxylic acids is 1. The van der Waals surface area contributed by atoms with Crippen LogP contribution in [0.15, 0.2) is 0 Å². The van der Waals surface area contributed by atoms with Gasteiger partial charge in [-0.1, -0.05) is 33.6 Å². The molecule has 0 bridgehead atoms. The molecule has 16 heavy (non-hydrogen) atoms. The fourth-order valence-corrected chi connectivity index (χ4v) is 2.84. The number of hydrogen-bond acceptors (Lipinski definition) is 2. The minimum atomic E-state index is 0.104. The molecule has 0 aromatic carbocycles. The van der Waals surface area contributed by atoms with Crippen LogP contribution in [0.2, 0.25) is 0 Å². The van der Waals surface area contributed by atoms with Crippen molar-refractivity contribution in [2.24, 2.45) is 5.41 Å². The van der Waals surface area contributed by atoms with E-state index in [0.29, 0.717) is 17.6 Å². The molecule has 0 radical (unpaired) electrons. The Balaban J connectivity index is 2.39. The Labute approximate surface area is 100 Å². The van der Waals surface area contributed by atoms with E-state index in [4.69, 9.17) is 0 Å². The van der Waals surface area contributed by atoms with Crippen molar-refractivity contribution in [1.82, 2.24) is 5.32 Å². The van der Waals surface area contributed by atoms with Gasteiger partial charge in [-0.2, -0.15) is 0 Å². The highest BCUT2D eigenvalue weighted by atomic mass is 16.1. The van der Waals surface area contributed by atoms with Crippen LogP contribution in [0.25, 0.3) is 0 Å². The van der Waals surface area contributed by atoms with Crippen LogP contribution < -0.4 is 5.32 Å². The first-order valence-electron chi connectivity index (χ1n) is 6.87. The Hall–Kier alpha value is -0.370. The van der Waals surface area contributed by atoms with E-state index in [1.807, 2.05) is 6.92 Å². The molecular weight excluding hydrogens is 198 g/mol. The van der Waals surface area contributed by atoms with Crippen molar-refractivity contribution in [2.45, 2.75) is 71.8 Å². The molecule has 1 fully saturated rings. The van der Waals surface area contributed by atoms with Gasteiger partial charge in [0, 0.05) is 6.42 Å². The quantitative estimate of drug-likeness (QED) is 0.720. The van der Waals surface area contributed by atoms with Crippen molar-refractivity contribution in [2.75, 3.05) is 6.54 Å². The van der Waals surface area contributed by atoms with E-state index in [9.17, 15) is 4.79 Å². The molecule has 2 nitrogen and oxygen atoms in total. The maximum absolute atomic E-state index is 11.7. The molecule has 1 atom stereocenters. The van der Waals surface area contributed by atoms with Gasteiger partial charge < -0.3 is 5.32 Å². The van der Waals surface area contributed by atoms with Gasteiger partial charge in [0.25, 0.3) is 0 Å². The van der Waals surface area contributed by atoms with Gasteiger partial charge >= 0.3 is 0 Å². The monoisotopic (exact) mass is 225 g/mol. The molecule has 0 spiro atoms. The number of carbonyl (C=O) groups is 1.